The molecule has 5 N–H and O–H groups in total. The van der Waals surface area contributed by atoms with E-state index < -0.39 is 168 Å². The van der Waals surface area contributed by atoms with E-state index in [0.717, 1.165) is 6.20 Å². The van der Waals surface area contributed by atoms with E-state index in [0.29, 0.717) is 5.82 Å². The lowest BCUT2D eigenvalue weighted by Gasteiger charge is -2.46. The van der Waals surface area contributed by atoms with Gasteiger partial charge >= 0.3 is 23.8 Å². The van der Waals surface area contributed by atoms with Crippen LogP contribution in [0.25, 0.3) is 0 Å². The number of aliphatic hydroxyl groups excluding tert-OH is 3. The minimum absolute atomic E-state index is 0.0691. The number of oxime groups is 1. The van der Waals surface area contributed by atoms with E-state index in [4.69, 9.17) is 56.9 Å². The first-order valence-corrected chi connectivity index (χ1v) is 28.7. The topological polar surface area (TPSA) is 345 Å². The molecule has 0 radical (unpaired) electrons. The van der Waals surface area contributed by atoms with E-state index >= 15 is 9.59 Å². The fourth-order valence-corrected chi connectivity index (χ4v) is 12.1. The third-order valence-corrected chi connectivity index (χ3v) is 16.6. The zero-order valence-corrected chi connectivity index (χ0v) is 51.2. The van der Waals surface area contributed by atoms with Crippen LogP contribution in [0.4, 0.5) is 10.6 Å². The van der Waals surface area contributed by atoms with Gasteiger partial charge in [0.25, 0.3) is 0 Å². The monoisotopic (exact) mass is 1190 g/mol. The molecule has 5 heterocycles. The summed E-state index contributed by atoms with van der Waals surface area (Å²) in [6.07, 6.45) is -17.4. The third kappa shape index (κ3) is 16.9. The predicted octanol–water partition coefficient (Wildman–Crippen LogP) is 3.91. The molecule has 0 aliphatic carbocycles. The molecule has 4 fully saturated rings. The number of imidazole rings is 1. The number of esters is 2. The highest BCUT2D eigenvalue weighted by Gasteiger charge is 2.53. The Labute approximate surface area is 486 Å². The number of hydrogen-bond donors (Lipinski definition) is 5. The summed E-state index contributed by atoms with van der Waals surface area (Å²) in [5.74, 6) is -8.74. The number of hydrogen-bond acceptors (Lipinski definition) is 24. The van der Waals surface area contributed by atoms with Crippen LogP contribution in [-0.4, -0.2) is 202 Å². The SMILES string of the molecule is CO/N=C1\C[C@@H](C)O[C@@H](O[C@@H]2[C@@H](C)[C@H](O[C@H]3C[C@@](C)(O)[C@@H](O)[C@H](C)O3)[C@@H](C)C(=O)O[C@H]([C@@H](C)CO[C@@H]3O[C@H](C)[C@@H](O)[C@@H](OC)[C@H]3OC)[C@H](C)[C@@H](OC(=O)CC(C)C)[C@@H](C)C(=O)[C@@](C)(OC(=O)NCCn3c([N+](=O)[O-])cnc3C)C[C@@H]2C)[C@@H]1O. The second-order valence-corrected chi connectivity index (χ2v) is 24.0. The first kappa shape index (κ1) is 69.3. The summed E-state index contributed by atoms with van der Waals surface area (Å²) in [4.78, 5) is 79.8. The first-order chi connectivity index (χ1) is 38.8. The maximum atomic E-state index is 15.8. The highest BCUT2D eigenvalue weighted by Crippen LogP contribution is 2.41. The number of ketones is 1. The molecule has 0 unspecified atom stereocenters. The Hall–Kier alpha value is -4.52. The number of cyclic esters (lactones) is 1. The van der Waals surface area contributed by atoms with Gasteiger partial charge in [-0.15, -0.1) is 0 Å². The number of alkyl carbamates (subject to hydrolysis) is 1. The normalized spacial score (nSPS) is 39.6. The number of rotatable bonds is 19. The Kier molecular flexibility index (Phi) is 24.8. The van der Waals surface area contributed by atoms with Gasteiger partial charge in [0.05, 0.1) is 66.8 Å². The lowest BCUT2D eigenvalue weighted by Crippen LogP contribution is -2.59. The average Bonchev–Trinajstić information content (AvgIpc) is 4.03. The number of carbonyl (C=O) groups excluding carboxylic acids is 4. The Balaban J connectivity index is 1.70. The van der Waals surface area contributed by atoms with Crippen molar-refractivity contribution in [3.05, 3.63) is 22.1 Å². The fourth-order valence-electron chi connectivity index (χ4n) is 12.1. The van der Waals surface area contributed by atoms with E-state index in [1.165, 1.54) is 46.7 Å². The molecule has 0 bridgehead atoms. The van der Waals surface area contributed by atoms with Crippen molar-refractivity contribution in [2.24, 2.45) is 46.6 Å². The van der Waals surface area contributed by atoms with Crippen LogP contribution in [0.5, 0.6) is 0 Å². The number of aliphatic hydroxyl groups is 4. The molecule has 27 heteroatoms. The smallest absolute Gasteiger partial charge is 0.408 e. The maximum Gasteiger partial charge on any atom is 0.408 e. The molecule has 1 amide bonds. The van der Waals surface area contributed by atoms with Gasteiger partial charge in [-0.3, -0.25) is 14.4 Å². The molecule has 83 heavy (non-hydrogen) atoms. The van der Waals surface area contributed by atoms with Gasteiger partial charge in [0.15, 0.2) is 36.1 Å². The van der Waals surface area contributed by atoms with Crippen LogP contribution in [0.2, 0.25) is 0 Å². The molecule has 4 aliphatic rings. The van der Waals surface area contributed by atoms with Crippen molar-refractivity contribution < 1.29 is 101 Å². The second kappa shape index (κ2) is 29.7. The molecule has 0 spiro atoms. The zero-order chi connectivity index (χ0) is 62.2. The molecule has 1 aromatic rings. The number of amides is 1. The number of aromatic nitrogens is 2. The van der Waals surface area contributed by atoms with Crippen molar-refractivity contribution in [2.75, 3.05) is 34.5 Å². The van der Waals surface area contributed by atoms with Gasteiger partial charge in [0.1, 0.15) is 62.6 Å². The summed E-state index contributed by atoms with van der Waals surface area (Å²) >= 11 is 0. The lowest BCUT2D eigenvalue weighted by atomic mass is 9.74. The van der Waals surface area contributed by atoms with Crippen LogP contribution < -0.4 is 5.32 Å². The number of aryl methyl sites for hydroxylation is 1. The van der Waals surface area contributed by atoms with Crippen LogP contribution in [0.15, 0.2) is 11.4 Å². The zero-order valence-electron chi connectivity index (χ0n) is 51.2. The molecule has 27 nitrogen and oxygen atoms in total. The van der Waals surface area contributed by atoms with Crippen LogP contribution in [0, 0.1) is 58.5 Å². The molecule has 5 rings (SSSR count). The molecule has 23 atom stereocenters. The fraction of sp³-hybridized carbons (Fsp3) is 0.857. The standard InChI is InChI=1S/C56H93N5O22/c1-26(2)20-39(62)79-45-31(7)44(28(4)25-75-53-48(73-16)47(72-15)41(63)34(10)78-53)81-51(67)33(9)46(80-40-23-55(13,69)50(66)35(11)77-40)30(6)43(82-52-42(64)37(59-74-17)21-29(5)76-52)27(3)22-56(14,49(65)32(45)8)83-54(68)57-18-19-60-36(12)58-24-38(60)61(70)71/h24,26-35,40-48,50,52-53,63-64,66,69H,18-23,25H2,1-17H3,(H,57,68)/b59-37+/t27-,28-,29+,30+,31-,32+,33+,34+,35-,40-,41+,42+,43-,44+,45+,46-,47+,48+,50-,52-,53+,55+,56-/m0/s1. The quantitative estimate of drug-likeness (QED) is 0.0567. The average molecular weight is 1190 g/mol. The largest absolute Gasteiger partial charge is 0.461 e. The molecule has 474 valence electrons. The van der Waals surface area contributed by atoms with E-state index in [9.17, 15) is 40.1 Å². The van der Waals surface area contributed by atoms with E-state index in [1.54, 1.807) is 62.3 Å². The molecular weight excluding hydrogens is 1090 g/mol. The van der Waals surface area contributed by atoms with Gasteiger partial charge in [-0.05, 0) is 64.7 Å². The molecule has 0 saturated carbocycles. The molecule has 0 aromatic carbocycles. The van der Waals surface area contributed by atoms with Crippen LogP contribution >= 0.6 is 0 Å². The van der Waals surface area contributed by atoms with Gasteiger partial charge in [-0.25, -0.2) is 14.3 Å². The number of Topliss-reactive ketones (excluding diaryl/α,β-unsaturated/α-hetero) is 1. The third-order valence-electron chi connectivity index (χ3n) is 16.6. The van der Waals surface area contributed by atoms with E-state index in [-0.39, 0.29) is 62.8 Å². The number of nitro groups is 1. The summed E-state index contributed by atoms with van der Waals surface area (Å²) in [6.45, 7) is 22.3. The van der Waals surface area contributed by atoms with Crippen molar-refractivity contribution in [3.63, 3.8) is 0 Å². The Morgan fingerprint density at radius 3 is 2.14 bits per heavy atom. The highest BCUT2D eigenvalue weighted by atomic mass is 16.7. The Bertz CT molecular complexity index is 2360. The van der Waals surface area contributed by atoms with E-state index in [2.05, 4.69) is 15.5 Å². The van der Waals surface area contributed by atoms with Gasteiger partial charge in [-0.2, -0.15) is 0 Å². The second-order valence-electron chi connectivity index (χ2n) is 24.0. The van der Waals surface area contributed by atoms with Crippen molar-refractivity contribution in [3.8, 4) is 0 Å². The number of nitrogens with one attached hydrogen (secondary N) is 1. The van der Waals surface area contributed by atoms with Crippen LogP contribution in [0.1, 0.15) is 122 Å². The van der Waals surface area contributed by atoms with Gasteiger partial charge in [0.2, 0.25) is 0 Å². The summed E-state index contributed by atoms with van der Waals surface area (Å²) in [6, 6.07) is 0. The number of nitrogens with zero attached hydrogens (tertiary/aromatic N) is 4. The molecule has 4 saturated heterocycles. The lowest BCUT2D eigenvalue weighted by molar-refractivity contribution is -0.392. The summed E-state index contributed by atoms with van der Waals surface area (Å²) in [5.41, 5.74) is -3.66. The number of ether oxygens (including phenoxy) is 11. The van der Waals surface area contributed by atoms with Crippen molar-refractivity contribution in [2.45, 2.75) is 232 Å². The highest BCUT2D eigenvalue weighted by molar-refractivity contribution is 5.91. The van der Waals surface area contributed by atoms with Crippen molar-refractivity contribution in [1.82, 2.24) is 14.9 Å². The van der Waals surface area contributed by atoms with Gasteiger partial charge < -0.3 is 92.8 Å². The summed E-state index contributed by atoms with van der Waals surface area (Å²) in [5, 5.41) is 63.6. The molecule has 4 aliphatic heterocycles. The van der Waals surface area contributed by atoms with Gasteiger partial charge in [0, 0.05) is 58.2 Å². The summed E-state index contributed by atoms with van der Waals surface area (Å²) in [7, 11) is 4.15. The Morgan fingerprint density at radius 1 is 0.880 bits per heavy atom. The number of carbonyl (C=O) groups is 4. The number of methoxy groups -OCH3 is 2. The maximum absolute atomic E-state index is 15.8. The van der Waals surface area contributed by atoms with Gasteiger partial charge in [-0.1, -0.05) is 53.6 Å². The van der Waals surface area contributed by atoms with Crippen molar-refractivity contribution in [1.29, 1.82) is 0 Å². The van der Waals surface area contributed by atoms with Crippen molar-refractivity contribution >= 4 is 35.3 Å². The van der Waals surface area contributed by atoms with E-state index in [1.807, 2.05) is 13.8 Å². The minimum Gasteiger partial charge on any atom is -0.461 e. The van der Waals surface area contributed by atoms with Crippen LogP contribution in [0.3, 0.4) is 0 Å². The minimum atomic E-state index is -2.14. The van der Waals surface area contributed by atoms with Crippen LogP contribution in [-0.2, 0) is 77.9 Å². The first-order valence-electron chi connectivity index (χ1n) is 28.7. The molecule has 1 aromatic heterocycles. The Morgan fingerprint density at radius 2 is 1.54 bits per heavy atom. The molecular formula is C56H93N5O22. The summed E-state index contributed by atoms with van der Waals surface area (Å²) < 4.78 is 70.4. The predicted molar refractivity (Wildman–Crippen MR) is 293 cm³/mol.